The summed E-state index contributed by atoms with van der Waals surface area (Å²) >= 11 is 0. The summed E-state index contributed by atoms with van der Waals surface area (Å²) in [6, 6.07) is 0. The summed E-state index contributed by atoms with van der Waals surface area (Å²) < 4.78 is 25.1. The predicted molar refractivity (Wildman–Crippen MR) is 36.3 cm³/mol. The van der Waals surface area contributed by atoms with E-state index in [-0.39, 0.29) is 6.10 Å². The summed E-state index contributed by atoms with van der Waals surface area (Å²) in [5.74, 6) is 0. The smallest absolute Gasteiger partial charge is 0.319 e. The average molecular weight is 166 g/mol. The normalized spacial score (nSPS) is 28.7. The highest BCUT2D eigenvalue weighted by Crippen LogP contribution is 2.27. The average Bonchev–Trinajstić information content (AvgIpc) is 2.40. The topological polar surface area (TPSA) is 44.8 Å². The molecule has 1 aliphatic rings. The molecular formula is C5H11O4P. The van der Waals surface area contributed by atoms with Crippen molar-refractivity contribution in [1.29, 1.82) is 0 Å². The Bertz CT molecular complexity index is 121. The third-order valence-corrected chi connectivity index (χ3v) is 2.18. The van der Waals surface area contributed by atoms with Crippen LogP contribution in [-0.2, 0) is 18.3 Å². The first-order chi connectivity index (χ1) is 4.83. The fourth-order valence-electron chi connectivity index (χ4n) is 0.790. The summed E-state index contributed by atoms with van der Waals surface area (Å²) in [5.41, 5.74) is 0. The SMILES string of the molecule is CO[PH](=O)OC1CCOC1. The Morgan fingerprint density at radius 1 is 1.70 bits per heavy atom. The monoisotopic (exact) mass is 166 g/mol. The Kier molecular flexibility index (Phi) is 3.35. The van der Waals surface area contributed by atoms with Crippen LogP contribution in [-0.4, -0.2) is 26.4 Å². The number of rotatable bonds is 3. The van der Waals surface area contributed by atoms with Gasteiger partial charge < -0.3 is 13.8 Å². The molecule has 0 aromatic rings. The third kappa shape index (κ3) is 2.39. The zero-order chi connectivity index (χ0) is 7.40. The van der Waals surface area contributed by atoms with E-state index < -0.39 is 8.25 Å². The number of hydrogen-bond acceptors (Lipinski definition) is 4. The minimum absolute atomic E-state index is 0.0219. The third-order valence-electron chi connectivity index (χ3n) is 1.32. The van der Waals surface area contributed by atoms with Crippen LogP contribution in [0.25, 0.3) is 0 Å². The van der Waals surface area contributed by atoms with Gasteiger partial charge in [-0.05, 0) is 6.42 Å². The van der Waals surface area contributed by atoms with Crippen molar-refractivity contribution in [2.24, 2.45) is 0 Å². The van der Waals surface area contributed by atoms with E-state index in [9.17, 15) is 4.57 Å². The first kappa shape index (κ1) is 8.21. The molecule has 0 aliphatic carbocycles. The van der Waals surface area contributed by atoms with Crippen molar-refractivity contribution in [2.75, 3.05) is 20.3 Å². The van der Waals surface area contributed by atoms with E-state index >= 15 is 0 Å². The van der Waals surface area contributed by atoms with Gasteiger partial charge in [0.05, 0.1) is 12.7 Å². The number of hydrogen-bond donors (Lipinski definition) is 0. The first-order valence-electron chi connectivity index (χ1n) is 3.15. The maximum Gasteiger partial charge on any atom is 0.319 e. The van der Waals surface area contributed by atoms with E-state index in [4.69, 9.17) is 9.26 Å². The van der Waals surface area contributed by atoms with Crippen molar-refractivity contribution < 1.29 is 18.3 Å². The van der Waals surface area contributed by atoms with Crippen LogP contribution in [0.1, 0.15) is 6.42 Å². The highest BCUT2D eigenvalue weighted by molar-refractivity contribution is 7.33. The molecule has 0 saturated carbocycles. The second-order valence-corrected chi connectivity index (χ2v) is 3.20. The Morgan fingerprint density at radius 2 is 2.50 bits per heavy atom. The van der Waals surface area contributed by atoms with Crippen molar-refractivity contribution >= 4 is 8.25 Å². The lowest BCUT2D eigenvalue weighted by Gasteiger charge is -2.06. The molecule has 2 unspecified atom stereocenters. The van der Waals surface area contributed by atoms with Crippen molar-refractivity contribution in [2.45, 2.75) is 12.5 Å². The zero-order valence-corrected chi connectivity index (χ0v) is 6.83. The van der Waals surface area contributed by atoms with Crippen LogP contribution in [0.15, 0.2) is 0 Å². The standard InChI is InChI=1S/C5H11O4P/c1-7-10(6)9-5-2-3-8-4-5/h5,10H,2-4H2,1H3. The second kappa shape index (κ2) is 4.09. The summed E-state index contributed by atoms with van der Waals surface area (Å²) in [7, 11) is -0.870. The largest absolute Gasteiger partial charge is 0.379 e. The molecule has 5 heteroatoms. The fraction of sp³-hybridized carbons (Fsp3) is 1.00. The van der Waals surface area contributed by atoms with Gasteiger partial charge in [0.15, 0.2) is 0 Å². The second-order valence-electron chi connectivity index (χ2n) is 2.06. The number of ether oxygens (including phenoxy) is 1. The molecule has 10 heavy (non-hydrogen) atoms. The Balaban J connectivity index is 2.17. The maximum absolute atomic E-state index is 10.7. The Hall–Kier alpha value is 0.110. The van der Waals surface area contributed by atoms with E-state index in [1.807, 2.05) is 0 Å². The van der Waals surface area contributed by atoms with Gasteiger partial charge in [-0.3, -0.25) is 4.57 Å². The van der Waals surface area contributed by atoms with Crippen molar-refractivity contribution in [3.05, 3.63) is 0 Å². The Morgan fingerprint density at radius 3 is 3.00 bits per heavy atom. The molecule has 60 valence electrons. The quantitative estimate of drug-likeness (QED) is 0.582. The highest BCUT2D eigenvalue weighted by Gasteiger charge is 2.17. The van der Waals surface area contributed by atoms with E-state index in [1.54, 1.807) is 0 Å². The molecule has 1 saturated heterocycles. The van der Waals surface area contributed by atoms with Crippen LogP contribution < -0.4 is 0 Å². The molecule has 0 aromatic carbocycles. The molecule has 0 bridgehead atoms. The maximum atomic E-state index is 10.7. The van der Waals surface area contributed by atoms with Gasteiger partial charge in [0.1, 0.15) is 0 Å². The molecule has 0 spiro atoms. The van der Waals surface area contributed by atoms with Gasteiger partial charge in [-0.2, -0.15) is 0 Å². The van der Waals surface area contributed by atoms with Gasteiger partial charge in [0.25, 0.3) is 0 Å². The van der Waals surface area contributed by atoms with Gasteiger partial charge in [-0.1, -0.05) is 0 Å². The minimum atomic E-state index is -2.24. The zero-order valence-electron chi connectivity index (χ0n) is 5.83. The molecule has 1 heterocycles. The van der Waals surface area contributed by atoms with Crippen molar-refractivity contribution in [3.63, 3.8) is 0 Å². The summed E-state index contributed by atoms with van der Waals surface area (Å²) in [6.45, 7) is 1.24. The van der Waals surface area contributed by atoms with Gasteiger partial charge in [0, 0.05) is 13.7 Å². The van der Waals surface area contributed by atoms with Gasteiger partial charge in [-0.25, -0.2) is 0 Å². The van der Waals surface area contributed by atoms with E-state index in [2.05, 4.69) is 4.52 Å². The van der Waals surface area contributed by atoms with Crippen LogP contribution in [0.5, 0.6) is 0 Å². The fourth-order valence-corrected chi connectivity index (χ4v) is 1.34. The summed E-state index contributed by atoms with van der Waals surface area (Å²) in [6.07, 6.45) is 0.797. The van der Waals surface area contributed by atoms with Crippen LogP contribution in [0, 0.1) is 0 Å². The van der Waals surface area contributed by atoms with E-state index in [0.29, 0.717) is 13.2 Å². The highest BCUT2D eigenvalue weighted by atomic mass is 31.1. The van der Waals surface area contributed by atoms with Crippen LogP contribution in [0.2, 0.25) is 0 Å². The van der Waals surface area contributed by atoms with Gasteiger partial charge in [0.2, 0.25) is 0 Å². The van der Waals surface area contributed by atoms with Crippen LogP contribution >= 0.6 is 8.25 Å². The van der Waals surface area contributed by atoms with Gasteiger partial charge >= 0.3 is 8.25 Å². The molecule has 1 aliphatic heterocycles. The van der Waals surface area contributed by atoms with E-state index in [1.165, 1.54) is 7.11 Å². The lowest BCUT2D eigenvalue weighted by atomic mass is 10.3. The molecule has 0 aromatic heterocycles. The van der Waals surface area contributed by atoms with Crippen LogP contribution in [0.4, 0.5) is 0 Å². The molecule has 2 atom stereocenters. The van der Waals surface area contributed by atoms with Crippen LogP contribution in [0.3, 0.4) is 0 Å². The molecule has 0 radical (unpaired) electrons. The Labute approximate surface area is 60.4 Å². The molecule has 1 rings (SSSR count). The van der Waals surface area contributed by atoms with Crippen molar-refractivity contribution in [3.8, 4) is 0 Å². The van der Waals surface area contributed by atoms with Gasteiger partial charge in [-0.15, -0.1) is 0 Å². The first-order valence-corrected chi connectivity index (χ1v) is 4.37. The molecule has 1 fully saturated rings. The summed E-state index contributed by atoms with van der Waals surface area (Å²) in [4.78, 5) is 0. The predicted octanol–water partition coefficient (Wildman–Crippen LogP) is 0.828. The van der Waals surface area contributed by atoms with E-state index in [0.717, 1.165) is 6.42 Å². The molecular weight excluding hydrogens is 155 g/mol. The summed E-state index contributed by atoms with van der Waals surface area (Å²) in [5, 5.41) is 0. The molecule has 4 nitrogen and oxygen atoms in total. The van der Waals surface area contributed by atoms with Crippen molar-refractivity contribution in [1.82, 2.24) is 0 Å². The molecule has 0 N–H and O–H groups in total. The lowest BCUT2D eigenvalue weighted by Crippen LogP contribution is -2.07. The minimum Gasteiger partial charge on any atom is -0.379 e. The molecule has 0 amide bonds. The lowest BCUT2D eigenvalue weighted by molar-refractivity contribution is 0.133.